The highest BCUT2D eigenvalue weighted by atomic mass is 16.5. The summed E-state index contributed by atoms with van der Waals surface area (Å²) in [4.78, 5) is 0. The lowest BCUT2D eigenvalue weighted by atomic mass is 10.2. The largest absolute Gasteiger partial charge is 0.497 e. The number of rotatable bonds is 12. The lowest BCUT2D eigenvalue weighted by Crippen LogP contribution is -2.20. The van der Waals surface area contributed by atoms with Crippen molar-refractivity contribution in [2.45, 2.75) is 6.54 Å². The zero-order valence-corrected chi connectivity index (χ0v) is 12.4. The molecule has 0 aliphatic carbocycles. The highest BCUT2D eigenvalue weighted by Gasteiger charge is 1.95. The molecule has 0 saturated heterocycles. The van der Waals surface area contributed by atoms with Crippen LogP contribution in [-0.2, 0) is 20.8 Å². The lowest BCUT2D eigenvalue weighted by molar-refractivity contribution is 0.0255. The minimum absolute atomic E-state index is 0.610. The Morgan fingerprint density at radius 3 is 2.45 bits per heavy atom. The number of nitrogens with one attached hydrogen (secondary N) is 1. The molecule has 1 aromatic rings. The first-order chi connectivity index (χ1) is 9.86. The summed E-state index contributed by atoms with van der Waals surface area (Å²) in [6.07, 6.45) is 0. The summed E-state index contributed by atoms with van der Waals surface area (Å²) in [5.74, 6) is 0.883. The van der Waals surface area contributed by atoms with E-state index in [1.165, 1.54) is 5.56 Å². The molecule has 0 saturated carbocycles. The molecule has 0 spiro atoms. The van der Waals surface area contributed by atoms with Crippen molar-refractivity contribution in [3.05, 3.63) is 29.8 Å². The van der Waals surface area contributed by atoms with Crippen molar-refractivity contribution in [3.63, 3.8) is 0 Å². The SMILES string of the molecule is COCCOCCOCCNCc1cccc(OC)c1. The van der Waals surface area contributed by atoms with Gasteiger partial charge in [-0.25, -0.2) is 0 Å². The van der Waals surface area contributed by atoms with E-state index in [4.69, 9.17) is 18.9 Å². The van der Waals surface area contributed by atoms with Crippen molar-refractivity contribution in [3.8, 4) is 5.75 Å². The van der Waals surface area contributed by atoms with E-state index >= 15 is 0 Å². The Bertz CT molecular complexity index is 346. The minimum Gasteiger partial charge on any atom is -0.497 e. The van der Waals surface area contributed by atoms with Crippen LogP contribution in [-0.4, -0.2) is 53.8 Å². The minimum atomic E-state index is 0.610. The second-order valence-electron chi connectivity index (χ2n) is 4.25. The van der Waals surface area contributed by atoms with Gasteiger partial charge in [0.05, 0.1) is 40.1 Å². The van der Waals surface area contributed by atoms with Crippen LogP contribution in [0, 0.1) is 0 Å². The van der Waals surface area contributed by atoms with Gasteiger partial charge >= 0.3 is 0 Å². The van der Waals surface area contributed by atoms with E-state index in [2.05, 4.69) is 11.4 Å². The van der Waals surface area contributed by atoms with Crippen molar-refractivity contribution in [2.24, 2.45) is 0 Å². The molecule has 0 aromatic heterocycles. The van der Waals surface area contributed by atoms with Gasteiger partial charge in [0.15, 0.2) is 0 Å². The highest BCUT2D eigenvalue weighted by Crippen LogP contribution is 2.11. The predicted molar refractivity (Wildman–Crippen MR) is 78.2 cm³/mol. The average molecular weight is 283 g/mol. The smallest absolute Gasteiger partial charge is 0.119 e. The van der Waals surface area contributed by atoms with Gasteiger partial charge in [-0.3, -0.25) is 0 Å². The zero-order chi connectivity index (χ0) is 14.5. The van der Waals surface area contributed by atoms with Crippen molar-refractivity contribution in [1.29, 1.82) is 0 Å². The monoisotopic (exact) mass is 283 g/mol. The molecule has 5 nitrogen and oxygen atoms in total. The Balaban J connectivity index is 1.94. The molecule has 0 atom stereocenters. The molecular weight excluding hydrogens is 258 g/mol. The molecule has 0 unspecified atom stereocenters. The van der Waals surface area contributed by atoms with E-state index in [1.54, 1.807) is 14.2 Å². The molecule has 1 aromatic carbocycles. The molecule has 0 aliphatic heterocycles. The summed E-state index contributed by atoms with van der Waals surface area (Å²) >= 11 is 0. The second-order valence-corrected chi connectivity index (χ2v) is 4.25. The van der Waals surface area contributed by atoms with Crippen LogP contribution >= 0.6 is 0 Å². The molecule has 1 rings (SSSR count). The van der Waals surface area contributed by atoms with Crippen LogP contribution < -0.4 is 10.1 Å². The lowest BCUT2D eigenvalue weighted by Gasteiger charge is -2.08. The van der Waals surface area contributed by atoms with Gasteiger partial charge < -0.3 is 24.3 Å². The van der Waals surface area contributed by atoms with Crippen LogP contribution in [0.25, 0.3) is 0 Å². The maximum atomic E-state index is 5.44. The standard InChI is InChI=1S/C15H25NO4/c1-17-8-9-20-11-10-19-7-6-16-13-14-4-3-5-15(12-14)18-2/h3-5,12,16H,6-11,13H2,1-2H3. The molecule has 0 bridgehead atoms. The molecule has 0 aliphatic rings. The van der Waals surface area contributed by atoms with Crippen LogP contribution in [0.3, 0.4) is 0 Å². The number of hydrogen-bond acceptors (Lipinski definition) is 5. The Kier molecular flexibility index (Phi) is 9.87. The molecule has 20 heavy (non-hydrogen) atoms. The predicted octanol–water partition coefficient (Wildman–Crippen LogP) is 1.46. The van der Waals surface area contributed by atoms with E-state index in [0.717, 1.165) is 18.8 Å². The van der Waals surface area contributed by atoms with Gasteiger partial charge in [0, 0.05) is 20.2 Å². The summed E-state index contributed by atoms with van der Waals surface area (Å²) in [6, 6.07) is 8.03. The summed E-state index contributed by atoms with van der Waals surface area (Å²) in [6.45, 7) is 4.78. The van der Waals surface area contributed by atoms with Gasteiger partial charge in [0.25, 0.3) is 0 Å². The van der Waals surface area contributed by atoms with E-state index in [1.807, 2.05) is 18.2 Å². The van der Waals surface area contributed by atoms with Crippen LogP contribution in [0.1, 0.15) is 5.56 Å². The van der Waals surface area contributed by atoms with Gasteiger partial charge in [-0.15, -0.1) is 0 Å². The molecule has 114 valence electrons. The van der Waals surface area contributed by atoms with Gasteiger partial charge in [-0.1, -0.05) is 12.1 Å². The van der Waals surface area contributed by atoms with Crippen LogP contribution in [0.2, 0.25) is 0 Å². The van der Waals surface area contributed by atoms with Gasteiger partial charge in [0.2, 0.25) is 0 Å². The van der Waals surface area contributed by atoms with Crippen molar-refractivity contribution in [2.75, 3.05) is 53.8 Å². The highest BCUT2D eigenvalue weighted by molar-refractivity contribution is 5.28. The summed E-state index contributed by atoms with van der Waals surface area (Å²) in [7, 11) is 3.34. The molecular formula is C15H25NO4. The first-order valence-electron chi connectivity index (χ1n) is 6.85. The summed E-state index contributed by atoms with van der Waals surface area (Å²) in [5.41, 5.74) is 1.20. The molecule has 1 N–H and O–H groups in total. The van der Waals surface area contributed by atoms with Crippen molar-refractivity contribution >= 4 is 0 Å². The maximum absolute atomic E-state index is 5.44. The summed E-state index contributed by atoms with van der Waals surface area (Å²) in [5, 5.41) is 3.32. The van der Waals surface area contributed by atoms with Crippen molar-refractivity contribution in [1.82, 2.24) is 5.32 Å². The third-order valence-electron chi connectivity index (χ3n) is 2.69. The molecule has 5 heteroatoms. The van der Waals surface area contributed by atoms with Crippen LogP contribution in [0.4, 0.5) is 0 Å². The van der Waals surface area contributed by atoms with Crippen LogP contribution in [0.5, 0.6) is 5.75 Å². The quantitative estimate of drug-likeness (QED) is 0.589. The fourth-order valence-electron chi connectivity index (χ4n) is 1.62. The normalized spacial score (nSPS) is 10.7. The third kappa shape index (κ3) is 8.12. The van der Waals surface area contributed by atoms with E-state index in [-0.39, 0.29) is 0 Å². The first-order valence-corrected chi connectivity index (χ1v) is 6.85. The molecule has 0 amide bonds. The van der Waals surface area contributed by atoms with Gasteiger partial charge in [-0.2, -0.15) is 0 Å². The fourth-order valence-corrected chi connectivity index (χ4v) is 1.62. The second kappa shape index (κ2) is 11.7. The number of hydrogen-bond donors (Lipinski definition) is 1. The van der Waals surface area contributed by atoms with Gasteiger partial charge in [0.1, 0.15) is 5.75 Å². The van der Waals surface area contributed by atoms with E-state index < -0.39 is 0 Å². The maximum Gasteiger partial charge on any atom is 0.119 e. The Hall–Kier alpha value is -1.14. The number of methoxy groups -OCH3 is 2. The zero-order valence-electron chi connectivity index (χ0n) is 12.4. The topological polar surface area (TPSA) is 49.0 Å². The fraction of sp³-hybridized carbons (Fsp3) is 0.600. The van der Waals surface area contributed by atoms with Crippen LogP contribution in [0.15, 0.2) is 24.3 Å². The number of ether oxygens (including phenoxy) is 4. The molecule has 0 fully saturated rings. The Labute approximate surface area is 121 Å². The average Bonchev–Trinajstić information content (AvgIpc) is 2.49. The van der Waals surface area contributed by atoms with Crippen molar-refractivity contribution < 1.29 is 18.9 Å². The Morgan fingerprint density at radius 2 is 1.70 bits per heavy atom. The molecule has 0 heterocycles. The van der Waals surface area contributed by atoms with E-state index in [9.17, 15) is 0 Å². The van der Waals surface area contributed by atoms with Gasteiger partial charge in [-0.05, 0) is 17.7 Å². The number of benzene rings is 1. The Morgan fingerprint density at radius 1 is 0.950 bits per heavy atom. The molecule has 0 radical (unpaired) electrons. The third-order valence-corrected chi connectivity index (χ3v) is 2.69. The van der Waals surface area contributed by atoms with E-state index in [0.29, 0.717) is 33.0 Å². The first kappa shape index (κ1) is 16.9. The summed E-state index contributed by atoms with van der Waals surface area (Å²) < 4.78 is 20.8.